The van der Waals surface area contributed by atoms with Crippen LogP contribution in [0.3, 0.4) is 0 Å². The zero-order valence-electron chi connectivity index (χ0n) is 7.50. The number of hydrogen-bond donors (Lipinski definition) is 2. The molecule has 1 fully saturated rings. The standard InChI is InChI=1S/C9H12N2O2/c1-5-7(4-8(12)13)11-9(10-5)6-2-3-6/h6H,2-4H2,1H3,(H,10,11)(H,12,13). The Morgan fingerprint density at radius 2 is 2.38 bits per heavy atom. The molecule has 0 saturated heterocycles. The van der Waals surface area contributed by atoms with Gasteiger partial charge in [-0.25, -0.2) is 4.98 Å². The first kappa shape index (κ1) is 8.29. The highest BCUT2D eigenvalue weighted by Crippen LogP contribution is 2.38. The van der Waals surface area contributed by atoms with E-state index in [1.807, 2.05) is 6.92 Å². The second-order valence-corrected chi connectivity index (χ2v) is 3.54. The molecule has 0 radical (unpaired) electrons. The van der Waals surface area contributed by atoms with Crippen LogP contribution in [0.4, 0.5) is 0 Å². The number of aliphatic carboxylic acids is 1. The SMILES string of the molecule is Cc1[nH]c(C2CC2)nc1CC(=O)O. The summed E-state index contributed by atoms with van der Waals surface area (Å²) in [4.78, 5) is 17.9. The summed E-state index contributed by atoms with van der Waals surface area (Å²) in [5.41, 5.74) is 1.57. The van der Waals surface area contributed by atoms with Crippen LogP contribution in [0.5, 0.6) is 0 Å². The Kier molecular flexibility index (Phi) is 1.83. The maximum Gasteiger partial charge on any atom is 0.309 e. The first-order valence-corrected chi connectivity index (χ1v) is 4.44. The molecule has 0 unspecified atom stereocenters. The van der Waals surface area contributed by atoms with Gasteiger partial charge in [0.15, 0.2) is 0 Å². The Balaban J connectivity index is 2.19. The molecular weight excluding hydrogens is 168 g/mol. The van der Waals surface area contributed by atoms with Crippen molar-refractivity contribution >= 4 is 5.97 Å². The van der Waals surface area contributed by atoms with Gasteiger partial charge < -0.3 is 10.1 Å². The second kappa shape index (κ2) is 2.87. The van der Waals surface area contributed by atoms with Crippen molar-refractivity contribution in [3.8, 4) is 0 Å². The minimum atomic E-state index is -0.822. The van der Waals surface area contributed by atoms with Crippen molar-refractivity contribution in [2.24, 2.45) is 0 Å². The fourth-order valence-corrected chi connectivity index (χ4v) is 1.39. The van der Waals surface area contributed by atoms with Crippen LogP contribution in [0, 0.1) is 6.92 Å². The smallest absolute Gasteiger partial charge is 0.309 e. The molecule has 4 heteroatoms. The van der Waals surface area contributed by atoms with E-state index in [0.717, 1.165) is 11.5 Å². The van der Waals surface area contributed by atoms with Crippen LogP contribution in [-0.2, 0) is 11.2 Å². The lowest BCUT2D eigenvalue weighted by molar-refractivity contribution is -0.136. The lowest BCUT2D eigenvalue weighted by Gasteiger charge is -1.90. The van der Waals surface area contributed by atoms with E-state index in [1.165, 1.54) is 12.8 Å². The molecule has 0 atom stereocenters. The van der Waals surface area contributed by atoms with Gasteiger partial charge in [-0.1, -0.05) is 0 Å². The lowest BCUT2D eigenvalue weighted by Crippen LogP contribution is -2.01. The molecule has 1 aromatic heterocycles. The molecule has 1 aliphatic rings. The van der Waals surface area contributed by atoms with Crippen molar-refractivity contribution < 1.29 is 9.90 Å². The van der Waals surface area contributed by atoms with Gasteiger partial charge in [-0.3, -0.25) is 4.79 Å². The van der Waals surface area contributed by atoms with Crippen LogP contribution in [0.15, 0.2) is 0 Å². The number of carboxylic acids is 1. The van der Waals surface area contributed by atoms with E-state index in [4.69, 9.17) is 5.11 Å². The van der Waals surface area contributed by atoms with E-state index in [1.54, 1.807) is 0 Å². The highest BCUT2D eigenvalue weighted by molar-refractivity contribution is 5.69. The predicted molar refractivity (Wildman–Crippen MR) is 46.6 cm³/mol. The zero-order chi connectivity index (χ0) is 9.42. The first-order valence-electron chi connectivity index (χ1n) is 4.44. The Morgan fingerprint density at radius 3 is 2.92 bits per heavy atom. The van der Waals surface area contributed by atoms with E-state index in [0.29, 0.717) is 11.6 Å². The second-order valence-electron chi connectivity index (χ2n) is 3.54. The quantitative estimate of drug-likeness (QED) is 0.735. The summed E-state index contributed by atoms with van der Waals surface area (Å²) in [5.74, 6) is 0.701. The number of imidazole rings is 1. The number of aromatic nitrogens is 2. The summed E-state index contributed by atoms with van der Waals surface area (Å²) in [6, 6.07) is 0. The molecule has 2 N–H and O–H groups in total. The van der Waals surface area contributed by atoms with Crippen molar-refractivity contribution in [2.45, 2.75) is 32.1 Å². The molecule has 0 bridgehead atoms. The van der Waals surface area contributed by atoms with Crippen molar-refractivity contribution in [3.63, 3.8) is 0 Å². The zero-order valence-corrected chi connectivity index (χ0v) is 7.50. The first-order chi connectivity index (χ1) is 6.16. The molecule has 2 rings (SSSR count). The molecule has 0 spiro atoms. The minimum Gasteiger partial charge on any atom is -0.481 e. The Labute approximate surface area is 76.0 Å². The van der Waals surface area contributed by atoms with E-state index in [2.05, 4.69) is 9.97 Å². The summed E-state index contributed by atoms with van der Waals surface area (Å²) in [6.07, 6.45) is 2.38. The van der Waals surface area contributed by atoms with Gasteiger partial charge in [-0.2, -0.15) is 0 Å². The van der Waals surface area contributed by atoms with Gasteiger partial charge in [-0.15, -0.1) is 0 Å². The number of carboxylic acid groups (broad SMARTS) is 1. The Bertz CT molecular complexity index is 339. The van der Waals surface area contributed by atoms with Crippen LogP contribution in [0.25, 0.3) is 0 Å². The summed E-state index contributed by atoms with van der Waals surface area (Å²) >= 11 is 0. The van der Waals surface area contributed by atoms with Crippen LogP contribution in [0.1, 0.15) is 36.0 Å². The van der Waals surface area contributed by atoms with Gasteiger partial charge in [0, 0.05) is 11.6 Å². The van der Waals surface area contributed by atoms with Crippen molar-refractivity contribution in [1.29, 1.82) is 0 Å². The number of nitrogens with zero attached hydrogens (tertiary/aromatic N) is 1. The van der Waals surface area contributed by atoms with Gasteiger partial charge in [0.1, 0.15) is 5.82 Å². The number of rotatable bonds is 3. The van der Waals surface area contributed by atoms with Crippen LogP contribution in [0.2, 0.25) is 0 Å². The molecule has 0 aliphatic heterocycles. The molecule has 0 aromatic carbocycles. The molecule has 1 aromatic rings. The van der Waals surface area contributed by atoms with Crippen molar-refractivity contribution in [3.05, 3.63) is 17.2 Å². The van der Waals surface area contributed by atoms with Gasteiger partial charge >= 0.3 is 5.97 Å². The summed E-state index contributed by atoms with van der Waals surface area (Å²) in [6.45, 7) is 1.87. The number of nitrogens with one attached hydrogen (secondary N) is 1. The van der Waals surface area contributed by atoms with Gasteiger partial charge in [0.25, 0.3) is 0 Å². The van der Waals surface area contributed by atoms with E-state index >= 15 is 0 Å². The van der Waals surface area contributed by atoms with E-state index in [-0.39, 0.29) is 6.42 Å². The third-order valence-electron chi connectivity index (χ3n) is 2.29. The van der Waals surface area contributed by atoms with Gasteiger partial charge in [-0.05, 0) is 19.8 Å². The fourth-order valence-electron chi connectivity index (χ4n) is 1.39. The maximum atomic E-state index is 10.5. The average molecular weight is 180 g/mol. The lowest BCUT2D eigenvalue weighted by atomic mass is 10.3. The number of carbonyl (C=O) groups is 1. The van der Waals surface area contributed by atoms with Crippen LogP contribution >= 0.6 is 0 Å². The third kappa shape index (κ3) is 1.71. The molecule has 4 nitrogen and oxygen atoms in total. The van der Waals surface area contributed by atoms with Crippen LogP contribution < -0.4 is 0 Å². The van der Waals surface area contributed by atoms with Gasteiger partial charge in [0.2, 0.25) is 0 Å². The summed E-state index contributed by atoms with van der Waals surface area (Å²) in [5, 5.41) is 8.60. The van der Waals surface area contributed by atoms with Gasteiger partial charge in [0.05, 0.1) is 12.1 Å². The minimum absolute atomic E-state index is 0.0229. The Morgan fingerprint density at radius 1 is 1.69 bits per heavy atom. The normalized spacial score (nSPS) is 16.1. The van der Waals surface area contributed by atoms with E-state index < -0.39 is 5.97 Å². The molecule has 1 aliphatic carbocycles. The molecule has 1 heterocycles. The topological polar surface area (TPSA) is 66.0 Å². The molecule has 0 amide bonds. The largest absolute Gasteiger partial charge is 0.481 e. The molecule has 1 saturated carbocycles. The van der Waals surface area contributed by atoms with E-state index in [9.17, 15) is 4.79 Å². The third-order valence-corrected chi connectivity index (χ3v) is 2.29. The Hall–Kier alpha value is -1.32. The molecular formula is C9H12N2O2. The maximum absolute atomic E-state index is 10.5. The van der Waals surface area contributed by atoms with Crippen molar-refractivity contribution in [1.82, 2.24) is 9.97 Å². The molecule has 13 heavy (non-hydrogen) atoms. The van der Waals surface area contributed by atoms with Crippen molar-refractivity contribution in [2.75, 3.05) is 0 Å². The summed E-state index contributed by atoms with van der Waals surface area (Å²) in [7, 11) is 0. The highest BCUT2D eigenvalue weighted by Gasteiger charge is 2.27. The molecule has 70 valence electrons. The fraction of sp³-hybridized carbons (Fsp3) is 0.556. The number of aryl methyl sites for hydroxylation is 1. The summed E-state index contributed by atoms with van der Waals surface area (Å²) < 4.78 is 0. The monoisotopic (exact) mass is 180 g/mol. The number of hydrogen-bond acceptors (Lipinski definition) is 2. The highest BCUT2D eigenvalue weighted by atomic mass is 16.4. The number of H-pyrrole nitrogens is 1. The van der Waals surface area contributed by atoms with Crippen LogP contribution in [-0.4, -0.2) is 21.0 Å². The number of aromatic amines is 1. The average Bonchev–Trinajstić information content (AvgIpc) is 2.79. The predicted octanol–water partition coefficient (Wildman–Crippen LogP) is 1.22.